The van der Waals surface area contributed by atoms with Gasteiger partial charge in [0.15, 0.2) is 0 Å². The van der Waals surface area contributed by atoms with Gasteiger partial charge in [0.05, 0.1) is 16.7 Å². The van der Waals surface area contributed by atoms with Gasteiger partial charge in [-0.05, 0) is 112 Å². The second-order valence-electron chi connectivity index (χ2n) is 18.0. The largest absolute Gasteiger partial charge is 0.455 e. The third-order valence-corrected chi connectivity index (χ3v) is 14.0. The second kappa shape index (κ2) is 17.1. The van der Waals surface area contributed by atoms with E-state index in [4.69, 9.17) is 4.42 Å². The van der Waals surface area contributed by atoms with Crippen molar-refractivity contribution in [3.05, 3.63) is 266 Å². The molecule has 13 rings (SSSR count). The van der Waals surface area contributed by atoms with Crippen molar-refractivity contribution in [1.29, 1.82) is 0 Å². The number of allylic oxidation sites excluding steroid dienone is 4. The van der Waals surface area contributed by atoms with E-state index in [0.29, 0.717) is 5.92 Å². The summed E-state index contributed by atoms with van der Waals surface area (Å²) >= 11 is 0. The predicted octanol–water partition coefficient (Wildman–Crippen LogP) is 18.4. The summed E-state index contributed by atoms with van der Waals surface area (Å²) in [7, 11) is 0. The topological polar surface area (TPSA) is 21.3 Å². The smallest absolute Gasteiger partial charge is 0.143 e. The highest BCUT2D eigenvalue weighted by Gasteiger charge is 2.20. The summed E-state index contributed by atoms with van der Waals surface area (Å²) in [6, 6.07) is 85.9. The predicted molar refractivity (Wildman–Crippen MR) is 290 cm³/mol. The molecule has 0 aliphatic heterocycles. The fourth-order valence-electron chi connectivity index (χ4n) is 10.5. The Bertz CT molecular complexity index is 3860. The molecule has 0 saturated heterocycles. The van der Waals surface area contributed by atoms with Crippen molar-refractivity contribution in [1.82, 2.24) is 4.57 Å². The molecule has 0 bridgehead atoms. The normalized spacial score (nSPS) is 13.5. The third-order valence-electron chi connectivity index (χ3n) is 14.0. The third kappa shape index (κ3) is 7.24. The first kappa shape index (κ1) is 40.4. The van der Waals surface area contributed by atoms with E-state index in [2.05, 4.69) is 258 Å². The van der Waals surface area contributed by atoms with Gasteiger partial charge in [-0.1, -0.05) is 194 Å². The maximum atomic E-state index is 6.45. The number of anilines is 3. The highest BCUT2D eigenvalue weighted by Crippen LogP contribution is 2.42. The Morgan fingerprint density at radius 3 is 1.65 bits per heavy atom. The quantitative estimate of drug-likeness (QED) is 0.144. The molecule has 2 heterocycles. The molecule has 326 valence electrons. The van der Waals surface area contributed by atoms with Crippen molar-refractivity contribution in [3.63, 3.8) is 0 Å². The molecule has 0 saturated carbocycles. The fraction of sp³-hybridized carbons (Fsp3) is 0.0303. The van der Waals surface area contributed by atoms with Crippen LogP contribution in [0.3, 0.4) is 0 Å². The van der Waals surface area contributed by atoms with Crippen LogP contribution in [0.5, 0.6) is 0 Å². The number of fused-ring (bicyclic) bond motifs is 6. The van der Waals surface area contributed by atoms with Crippen LogP contribution in [0.1, 0.15) is 17.9 Å². The van der Waals surface area contributed by atoms with Crippen molar-refractivity contribution in [2.24, 2.45) is 0 Å². The van der Waals surface area contributed by atoms with Crippen LogP contribution in [0.4, 0.5) is 17.1 Å². The van der Waals surface area contributed by atoms with Gasteiger partial charge in [-0.25, -0.2) is 0 Å². The molecule has 12 aromatic rings. The number of hydrogen-bond acceptors (Lipinski definition) is 2. The van der Waals surface area contributed by atoms with E-state index in [0.717, 1.165) is 78.9 Å². The summed E-state index contributed by atoms with van der Waals surface area (Å²) in [5, 5.41) is 4.77. The van der Waals surface area contributed by atoms with Gasteiger partial charge in [-0.15, -0.1) is 0 Å². The van der Waals surface area contributed by atoms with Gasteiger partial charge in [0.2, 0.25) is 0 Å². The number of para-hydroxylation sites is 4. The number of rotatable bonds is 9. The SMILES string of the molecule is C1=CCC(c2ccc(N(c3ccc(-c4cccc(-c5cccc6c5oc5ccccc56)c4)cc3)c3ccc(-c4ccc(-c5ccccc5)cc4-n4c5ccccc5c5ccccc54)cc3)cc2)C=C1. The number of furan rings is 1. The summed E-state index contributed by atoms with van der Waals surface area (Å²) in [5.74, 6) is 0.377. The first-order valence-corrected chi connectivity index (χ1v) is 23.8. The van der Waals surface area contributed by atoms with Crippen LogP contribution in [0, 0.1) is 0 Å². The summed E-state index contributed by atoms with van der Waals surface area (Å²) in [4.78, 5) is 2.37. The zero-order valence-electron chi connectivity index (χ0n) is 37.9. The van der Waals surface area contributed by atoms with E-state index >= 15 is 0 Å². The van der Waals surface area contributed by atoms with E-state index in [1.54, 1.807) is 0 Å². The average Bonchev–Trinajstić information content (AvgIpc) is 3.98. The molecular weight excluding hydrogens is 837 g/mol. The molecule has 10 aromatic carbocycles. The molecule has 0 fully saturated rings. The van der Waals surface area contributed by atoms with Crippen molar-refractivity contribution >= 4 is 60.8 Å². The molecular formula is C66H46N2O. The van der Waals surface area contributed by atoms with E-state index in [9.17, 15) is 0 Å². The lowest BCUT2D eigenvalue weighted by atomic mass is 9.92. The van der Waals surface area contributed by atoms with Gasteiger partial charge < -0.3 is 13.9 Å². The molecule has 3 heteroatoms. The minimum Gasteiger partial charge on any atom is -0.455 e. The number of nitrogens with zero attached hydrogens (tertiary/aromatic N) is 2. The van der Waals surface area contributed by atoms with Crippen molar-refractivity contribution in [2.45, 2.75) is 12.3 Å². The van der Waals surface area contributed by atoms with E-state index in [1.807, 2.05) is 12.1 Å². The summed E-state index contributed by atoms with van der Waals surface area (Å²) in [6.45, 7) is 0. The van der Waals surface area contributed by atoms with Crippen LogP contribution in [0.15, 0.2) is 265 Å². The molecule has 1 aliphatic carbocycles. The maximum Gasteiger partial charge on any atom is 0.143 e. The van der Waals surface area contributed by atoms with Gasteiger partial charge in [0.25, 0.3) is 0 Å². The molecule has 3 nitrogen and oxygen atoms in total. The summed E-state index contributed by atoms with van der Waals surface area (Å²) in [6.07, 6.45) is 9.87. The van der Waals surface area contributed by atoms with Crippen LogP contribution in [0.25, 0.3) is 93.9 Å². The summed E-state index contributed by atoms with van der Waals surface area (Å²) < 4.78 is 8.89. The van der Waals surface area contributed by atoms with Crippen LogP contribution in [0.2, 0.25) is 0 Å². The van der Waals surface area contributed by atoms with Crippen LogP contribution >= 0.6 is 0 Å². The molecule has 0 radical (unpaired) electrons. The zero-order chi connectivity index (χ0) is 45.7. The Balaban J connectivity index is 0.893. The minimum atomic E-state index is 0.377. The van der Waals surface area contributed by atoms with E-state index < -0.39 is 0 Å². The monoisotopic (exact) mass is 882 g/mol. The van der Waals surface area contributed by atoms with Gasteiger partial charge in [0, 0.05) is 55.7 Å². The van der Waals surface area contributed by atoms with E-state index in [-0.39, 0.29) is 0 Å². The second-order valence-corrected chi connectivity index (χ2v) is 18.0. The summed E-state index contributed by atoms with van der Waals surface area (Å²) in [5.41, 5.74) is 19.2. The molecule has 1 atom stereocenters. The number of aromatic nitrogens is 1. The highest BCUT2D eigenvalue weighted by atomic mass is 16.3. The standard InChI is InChI=1S/C66H46N2O/c1-3-15-45(16-4-1)47-29-36-53(37-30-47)67(54-38-31-48(32-39-54)50-19-13-20-52(43-50)57-24-14-25-61-60-23-9-12-28-65(60)69-66(57)61)55-40-33-49(34-41-55)56-42-35-51(46-17-5-2-6-18-46)44-64(56)68-62-26-10-7-21-58(62)59-22-8-11-27-63(59)68/h1-15,17-45H,16H2. The number of hydrogen-bond donors (Lipinski definition) is 0. The Hall–Kier alpha value is -8.92. The molecule has 1 unspecified atom stereocenters. The van der Waals surface area contributed by atoms with Crippen molar-refractivity contribution in [3.8, 4) is 50.2 Å². The van der Waals surface area contributed by atoms with E-state index in [1.165, 1.54) is 44.1 Å². The zero-order valence-corrected chi connectivity index (χ0v) is 37.9. The first-order chi connectivity index (χ1) is 34.2. The molecule has 2 aromatic heterocycles. The fourth-order valence-corrected chi connectivity index (χ4v) is 10.5. The molecule has 0 N–H and O–H groups in total. The Kier molecular flexibility index (Phi) is 9.98. The molecule has 0 amide bonds. The Morgan fingerprint density at radius 1 is 0.391 bits per heavy atom. The molecule has 1 aliphatic rings. The molecule has 0 spiro atoms. The lowest BCUT2D eigenvalue weighted by Gasteiger charge is -2.27. The minimum absolute atomic E-state index is 0.377. The van der Waals surface area contributed by atoms with Crippen LogP contribution < -0.4 is 4.90 Å². The highest BCUT2D eigenvalue weighted by molar-refractivity contribution is 6.11. The average molecular weight is 883 g/mol. The lowest BCUT2D eigenvalue weighted by molar-refractivity contribution is 0.670. The van der Waals surface area contributed by atoms with Gasteiger partial charge in [-0.3, -0.25) is 0 Å². The number of benzene rings is 10. The Morgan fingerprint density at radius 2 is 0.942 bits per heavy atom. The van der Waals surface area contributed by atoms with Crippen LogP contribution in [-0.2, 0) is 0 Å². The Labute approximate surface area is 401 Å². The molecule has 69 heavy (non-hydrogen) atoms. The van der Waals surface area contributed by atoms with Gasteiger partial charge in [-0.2, -0.15) is 0 Å². The van der Waals surface area contributed by atoms with Crippen molar-refractivity contribution in [2.75, 3.05) is 4.90 Å². The lowest BCUT2D eigenvalue weighted by Crippen LogP contribution is -2.10. The van der Waals surface area contributed by atoms with Crippen LogP contribution in [-0.4, -0.2) is 4.57 Å². The first-order valence-electron chi connectivity index (χ1n) is 23.8. The maximum absolute atomic E-state index is 6.45. The van der Waals surface area contributed by atoms with Gasteiger partial charge in [0.1, 0.15) is 11.2 Å². The van der Waals surface area contributed by atoms with Crippen molar-refractivity contribution < 1.29 is 4.42 Å². The van der Waals surface area contributed by atoms with Gasteiger partial charge >= 0.3 is 0 Å².